The summed E-state index contributed by atoms with van der Waals surface area (Å²) < 4.78 is 0.884. The van der Waals surface area contributed by atoms with Crippen molar-refractivity contribution in [3.05, 3.63) is 48.7 Å². The van der Waals surface area contributed by atoms with E-state index < -0.39 is 0 Å². The summed E-state index contributed by atoms with van der Waals surface area (Å²) in [6.07, 6.45) is 9.03. The van der Waals surface area contributed by atoms with E-state index in [-0.39, 0.29) is 12.4 Å². The molecule has 1 aromatic carbocycles. The van der Waals surface area contributed by atoms with Crippen molar-refractivity contribution >= 4 is 0 Å². The van der Waals surface area contributed by atoms with Gasteiger partial charge in [0, 0.05) is 11.5 Å². The van der Waals surface area contributed by atoms with E-state index in [1.165, 1.54) is 37.7 Å². The van der Waals surface area contributed by atoms with E-state index in [0.29, 0.717) is 6.04 Å². The maximum absolute atomic E-state index is 4.05. The van der Waals surface area contributed by atoms with Crippen LogP contribution in [0.1, 0.15) is 43.7 Å². The lowest BCUT2D eigenvalue weighted by Gasteiger charge is -2.41. The Balaban J connectivity index is 0.00000180. The predicted molar refractivity (Wildman–Crippen MR) is 78.1 cm³/mol. The van der Waals surface area contributed by atoms with Gasteiger partial charge in [-0.3, -0.25) is 4.48 Å². The van der Waals surface area contributed by atoms with Crippen molar-refractivity contribution in [2.45, 2.75) is 38.1 Å². The third-order valence-electron chi connectivity index (χ3n) is 4.42. The fraction of sp³-hybridized carbons (Fsp3) is 0.529. The van der Waals surface area contributed by atoms with Crippen molar-refractivity contribution in [2.24, 2.45) is 5.92 Å². The van der Waals surface area contributed by atoms with Gasteiger partial charge in [-0.1, -0.05) is 49.6 Å². The van der Waals surface area contributed by atoms with Gasteiger partial charge in [0.15, 0.2) is 0 Å². The van der Waals surface area contributed by atoms with Gasteiger partial charge in [0.1, 0.15) is 6.04 Å². The van der Waals surface area contributed by atoms with E-state index >= 15 is 0 Å². The minimum Gasteiger partial charge on any atom is -1.00 e. The summed E-state index contributed by atoms with van der Waals surface area (Å²) in [7, 11) is 4.55. The zero-order valence-corrected chi connectivity index (χ0v) is 12.9. The lowest BCUT2D eigenvalue weighted by molar-refractivity contribution is -0.876. The minimum absolute atomic E-state index is 0. The first-order chi connectivity index (χ1) is 8.65. The molecule has 19 heavy (non-hydrogen) atoms. The Bertz CT molecular complexity index is 380. The molecule has 1 aromatic rings. The number of nitrogens with zero attached hydrogens (tertiary/aromatic N) is 1. The molecular formula is C17H26ClN. The number of quaternary nitrogens is 1. The molecule has 1 atom stereocenters. The summed E-state index contributed by atoms with van der Waals surface area (Å²) in [5.74, 6) is 0.800. The van der Waals surface area contributed by atoms with Gasteiger partial charge in [-0.2, -0.15) is 0 Å². The van der Waals surface area contributed by atoms with Gasteiger partial charge in [-0.25, -0.2) is 0 Å². The first kappa shape index (κ1) is 16.3. The average Bonchev–Trinajstić information content (AvgIpc) is 2.41. The molecule has 2 heteroatoms. The van der Waals surface area contributed by atoms with Crippen LogP contribution in [0.4, 0.5) is 0 Å². The summed E-state index contributed by atoms with van der Waals surface area (Å²) in [6, 6.07) is 11.5. The van der Waals surface area contributed by atoms with Crippen LogP contribution >= 0.6 is 0 Å². The molecule has 1 unspecified atom stereocenters. The molecule has 0 saturated heterocycles. The molecule has 1 aliphatic carbocycles. The standard InChI is InChI=1S/C17H26N.ClH/c1-4-18(2,3)17(15-11-7-5-8-12-15)16-13-9-6-10-14-16;/h4-5,7-8,11-12,16-17H,1,6,9-10,13-14H2,2-3H3;1H/q+1;/p-1. The van der Waals surface area contributed by atoms with Crippen molar-refractivity contribution in [2.75, 3.05) is 14.1 Å². The lowest BCUT2D eigenvalue weighted by atomic mass is 9.80. The average molecular weight is 280 g/mol. The van der Waals surface area contributed by atoms with Gasteiger partial charge in [-0.15, -0.1) is 0 Å². The summed E-state index contributed by atoms with van der Waals surface area (Å²) in [5.41, 5.74) is 1.47. The highest BCUT2D eigenvalue weighted by Gasteiger charge is 2.35. The quantitative estimate of drug-likeness (QED) is 0.734. The zero-order valence-electron chi connectivity index (χ0n) is 12.2. The Morgan fingerprint density at radius 1 is 1.11 bits per heavy atom. The molecule has 1 aliphatic rings. The summed E-state index contributed by atoms with van der Waals surface area (Å²) >= 11 is 0. The molecule has 2 rings (SSSR count). The van der Waals surface area contributed by atoms with Crippen LogP contribution in [-0.2, 0) is 0 Å². The predicted octanol–water partition coefficient (Wildman–Crippen LogP) is 1.53. The van der Waals surface area contributed by atoms with Crippen LogP contribution in [0.25, 0.3) is 0 Å². The third-order valence-corrected chi connectivity index (χ3v) is 4.42. The topological polar surface area (TPSA) is 0 Å². The lowest BCUT2D eigenvalue weighted by Crippen LogP contribution is -3.00. The number of hydrogen-bond acceptors (Lipinski definition) is 0. The molecule has 106 valence electrons. The molecule has 1 fully saturated rings. The highest BCUT2D eigenvalue weighted by atomic mass is 35.5. The van der Waals surface area contributed by atoms with E-state index in [1.54, 1.807) is 0 Å². The summed E-state index contributed by atoms with van der Waals surface area (Å²) in [5, 5.41) is 0. The van der Waals surface area contributed by atoms with E-state index in [9.17, 15) is 0 Å². The highest BCUT2D eigenvalue weighted by molar-refractivity contribution is 5.18. The van der Waals surface area contributed by atoms with E-state index in [4.69, 9.17) is 0 Å². The number of halogens is 1. The van der Waals surface area contributed by atoms with Crippen LogP contribution in [0.3, 0.4) is 0 Å². The molecular weight excluding hydrogens is 254 g/mol. The summed E-state index contributed by atoms with van der Waals surface area (Å²) in [4.78, 5) is 0. The number of rotatable bonds is 4. The SMILES string of the molecule is C=C[N+](C)(C)C(c1ccccc1)C1CCCCC1.[Cl-]. The second-order valence-corrected chi connectivity index (χ2v) is 6.07. The van der Waals surface area contributed by atoms with E-state index in [2.05, 4.69) is 57.2 Å². The molecule has 0 amide bonds. The van der Waals surface area contributed by atoms with E-state index in [0.717, 1.165) is 10.4 Å². The van der Waals surface area contributed by atoms with Crippen molar-refractivity contribution in [1.82, 2.24) is 0 Å². The minimum atomic E-state index is 0. The number of benzene rings is 1. The van der Waals surface area contributed by atoms with Crippen LogP contribution in [0.15, 0.2) is 43.1 Å². The maximum Gasteiger partial charge on any atom is 0.121 e. The van der Waals surface area contributed by atoms with Crippen molar-refractivity contribution in [1.29, 1.82) is 0 Å². The maximum atomic E-state index is 4.05. The number of hydrogen-bond donors (Lipinski definition) is 0. The van der Waals surface area contributed by atoms with Gasteiger partial charge < -0.3 is 12.4 Å². The first-order valence-electron chi connectivity index (χ1n) is 7.17. The fourth-order valence-electron chi connectivity index (χ4n) is 3.41. The molecule has 0 bridgehead atoms. The smallest absolute Gasteiger partial charge is 0.121 e. The van der Waals surface area contributed by atoms with Gasteiger partial charge in [0.2, 0.25) is 0 Å². The van der Waals surface area contributed by atoms with Crippen LogP contribution in [0, 0.1) is 5.92 Å². The molecule has 0 spiro atoms. The highest BCUT2D eigenvalue weighted by Crippen LogP contribution is 2.40. The Morgan fingerprint density at radius 2 is 1.68 bits per heavy atom. The molecule has 0 aliphatic heterocycles. The van der Waals surface area contributed by atoms with Crippen molar-refractivity contribution in [3.63, 3.8) is 0 Å². The normalized spacial score (nSPS) is 18.4. The Kier molecular flexibility index (Phi) is 6.09. The second kappa shape index (κ2) is 7.12. The Labute approximate surface area is 124 Å². The Hall–Kier alpha value is -0.790. The van der Waals surface area contributed by atoms with Gasteiger partial charge in [0.05, 0.1) is 20.3 Å². The molecule has 1 nitrogen and oxygen atoms in total. The van der Waals surface area contributed by atoms with Gasteiger partial charge in [-0.05, 0) is 19.4 Å². The second-order valence-electron chi connectivity index (χ2n) is 6.07. The molecule has 0 radical (unpaired) electrons. The van der Waals surface area contributed by atoms with Crippen LogP contribution in [-0.4, -0.2) is 18.6 Å². The fourth-order valence-corrected chi connectivity index (χ4v) is 3.41. The molecule has 1 saturated carbocycles. The molecule has 0 N–H and O–H groups in total. The van der Waals surface area contributed by atoms with Crippen LogP contribution in [0.5, 0.6) is 0 Å². The third kappa shape index (κ3) is 3.84. The van der Waals surface area contributed by atoms with Gasteiger partial charge >= 0.3 is 0 Å². The van der Waals surface area contributed by atoms with Crippen molar-refractivity contribution < 1.29 is 16.9 Å². The van der Waals surface area contributed by atoms with Crippen molar-refractivity contribution in [3.8, 4) is 0 Å². The Morgan fingerprint density at radius 3 is 2.21 bits per heavy atom. The first-order valence-corrected chi connectivity index (χ1v) is 7.17. The monoisotopic (exact) mass is 279 g/mol. The van der Waals surface area contributed by atoms with E-state index in [1.807, 2.05) is 0 Å². The van der Waals surface area contributed by atoms with Crippen LogP contribution < -0.4 is 12.4 Å². The molecule has 0 heterocycles. The van der Waals surface area contributed by atoms with Gasteiger partial charge in [0.25, 0.3) is 0 Å². The molecule has 0 aromatic heterocycles. The van der Waals surface area contributed by atoms with Crippen LogP contribution in [0.2, 0.25) is 0 Å². The largest absolute Gasteiger partial charge is 1.00 e. The zero-order chi connectivity index (χ0) is 13.0. The summed E-state index contributed by atoms with van der Waals surface area (Å²) in [6.45, 7) is 4.05.